The number of ketones is 2. The molecule has 1 heterocycles. The van der Waals surface area contributed by atoms with Gasteiger partial charge in [-0.25, -0.2) is 0 Å². The van der Waals surface area contributed by atoms with Gasteiger partial charge in [-0.15, -0.1) is 0 Å². The van der Waals surface area contributed by atoms with Crippen LogP contribution in [0.5, 0.6) is 11.5 Å². The van der Waals surface area contributed by atoms with Crippen LogP contribution in [-0.4, -0.2) is 29.3 Å². The Balaban J connectivity index is 1.55. The van der Waals surface area contributed by atoms with Crippen molar-refractivity contribution in [2.75, 3.05) is 13.2 Å². The van der Waals surface area contributed by atoms with E-state index in [9.17, 15) is 9.59 Å². The molecule has 5 aromatic rings. The third-order valence-corrected chi connectivity index (χ3v) is 7.21. The monoisotopic (exact) mass is 521 g/mol. The van der Waals surface area contributed by atoms with E-state index in [0.29, 0.717) is 63.2 Å². The first-order valence-corrected chi connectivity index (χ1v) is 13.9. The Labute approximate surface area is 229 Å². The van der Waals surface area contributed by atoms with E-state index in [-0.39, 0.29) is 11.6 Å². The molecule has 0 atom stereocenters. The van der Waals surface area contributed by atoms with Crippen LogP contribution in [0.1, 0.15) is 52.4 Å². The van der Waals surface area contributed by atoms with Crippen molar-refractivity contribution in [1.82, 2.24) is 4.57 Å². The lowest BCUT2D eigenvalue weighted by molar-refractivity contribution is -0.119. The van der Waals surface area contributed by atoms with Gasteiger partial charge in [0.1, 0.15) is 23.1 Å². The molecule has 0 fully saturated rings. The summed E-state index contributed by atoms with van der Waals surface area (Å²) in [6.45, 7) is 4.69. The molecule has 0 aliphatic rings. The fraction of sp³-hybridized carbons (Fsp3) is 0.294. The quantitative estimate of drug-likeness (QED) is 0.147. The second-order valence-electron chi connectivity index (χ2n) is 9.88. The van der Waals surface area contributed by atoms with E-state index in [4.69, 9.17) is 9.47 Å². The topological polar surface area (TPSA) is 57.5 Å². The number of benzene rings is 4. The summed E-state index contributed by atoms with van der Waals surface area (Å²) in [6.07, 6.45) is 3.49. The summed E-state index contributed by atoms with van der Waals surface area (Å²) in [7, 11) is 0. The van der Waals surface area contributed by atoms with Gasteiger partial charge in [-0.3, -0.25) is 9.59 Å². The minimum Gasteiger partial charge on any atom is -0.493 e. The standard InChI is InChI=1S/C34H35NO4/c1-3-26(36)12-9-19-38-28-21-25(22-29(23-28)39-20-10-13-27(37)4-2)35-32-16-8-7-15-31(32)34-30-14-6-5-11-24(30)17-18-33(34)35/h5-8,11,14-18,21-23H,3-4,9-10,12-13,19-20H2,1-2H3. The number of hydrogen-bond donors (Lipinski definition) is 0. The van der Waals surface area contributed by atoms with Crippen molar-refractivity contribution in [3.63, 3.8) is 0 Å². The molecule has 5 nitrogen and oxygen atoms in total. The molecule has 0 amide bonds. The molecule has 0 saturated carbocycles. The molecule has 0 radical (unpaired) electrons. The van der Waals surface area contributed by atoms with E-state index < -0.39 is 0 Å². The molecule has 0 aliphatic carbocycles. The van der Waals surface area contributed by atoms with Gasteiger partial charge in [0, 0.05) is 54.7 Å². The molecule has 0 aliphatic heterocycles. The first-order valence-electron chi connectivity index (χ1n) is 13.9. The van der Waals surface area contributed by atoms with Crippen LogP contribution in [0.2, 0.25) is 0 Å². The highest BCUT2D eigenvalue weighted by atomic mass is 16.5. The normalized spacial score (nSPS) is 11.3. The summed E-state index contributed by atoms with van der Waals surface area (Å²) in [4.78, 5) is 23.5. The number of nitrogens with zero attached hydrogens (tertiary/aromatic N) is 1. The molecule has 0 bridgehead atoms. The third kappa shape index (κ3) is 5.83. The Hall–Kier alpha value is -4.12. The number of ether oxygens (including phenoxy) is 2. The molecule has 200 valence electrons. The number of hydrogen-bond acceptors (Lipinski definition) is 4. The predicted molar refractivity (Wildman–Crippen MR) is 158 cm³/mol. The molecule has 0 spiro atoms. The summed E-state index contributed by atoms with van der Waals surface area (Å²) < 4.78 is 14.5. The zero-order chi connectivity index (χ0) is 27.2. The minimum atomic E-state index is 0.246. The predicted octanol–water partition coefficient (Wildman–Crippen LogP) is 8.21. The van der Waals surface area contributed by atoms with Crippen LogP contribution in [0.4, 0.5) is 0 Å². The lowest BCUT2D eigenvalue weighted by atomic mass is 10.0. The molecule has 39 heavy (non-hydrogen) atoms. The maximum atomic E-state index is 11.7. The first kappa shape index (κ1) is 26.5. The van der Waals surface area contributed by atoms with Crippen LogP contribution in [-0.2, 0) is 9.59 Å². The highest BCUT2D eigenvalue weighted by Gasteiger charge is 2.16. The highest BCUT2D eigenvalue weighted by Crippen LogP contribution is 2.38. The van der Waals surface area contributed by atoms with Crippen molar-refractivity contribution in [1.29, 1.82) is 0 Å². The summed E-state index contributed by atoms with van der Waals surface area (Å²) >= 11 is 0. The van der Waals surface area contributed by atoms with Crippen LogP contribution < -0.4 is 9.47 Å². The van der Waals surface area contributed by atoms with Gasteiger partial charge in [-0.1, -0.05) is 62.4 Å². The largest absolute Gasteiger partial charge is 0.493 e. The molecular weight excluding hydrogens is 486 g/mol. The lowest BCUT2D eigenvalue weighted by Crippen LogP contribution is -2.05. The number of rotatable bonds is 13. The maximum absolute atomic E-state index is 11.7. The van der Waals surface area contributed by atoms with Crippen LogP contribution >= 0.6 is 0 Å². The second kappa shape index (κ2) is 12.2. The fourth-order valence-corrected chi connectivity index (χ4v) is 5.14. The maximum Gasteiger partial charge on any atom is 0.132 e. The van der Waals surface area contributed by atoms with Crippen LogP contribution in [0.15, 0.2) is 78.9 Å². The number of aromatic nitrogens is 1. The highest BCUT2D eigenvalue weighted by molar-refractivity contribution is 6.21. The van der Waals surface area contributed by atoms with Gasteiger partial charge < -0.3 is 14.0 Å². The SMILES string of the molecule is CCC(=O)CCCOc1cc(OCCCC(=O)CC)cc(-n2c3ccccc3c3c4ccccc4ccc32)c1. The van der Waals surface area contributed by atoms with Crippen molar-refractivity contribution in [3.8, 4) is 17.2 Å². The van der Waals surface area contributed by atoms with Gasteiger partial charge in [-0.2, -0.15) is 0 Å². The van der Waals surface area contributed by atoms with Gasteiger partial charge in [0.15, 0.2) is 0 Å². The zero-order valence-corrected chi connectivity index (χ0v) is 22.7. The lowest BCUT2D eigenvalue weighted by Gasteiger charge is -2.15. The van der Waals surface area contributed by atoms with Crippen molar-refractivity contribution >= 4 is 44.1 Å². The number of carbonyl (C=O) groups is 2. The van der Waals surface area contributed by atoms with Gasteiger partial charge in [0.05, 0.1) is 29.9 Å². The van der Waals surface area contributed by atoms with Crippen molar-refractivity contribution in [3.05, 3.63) is 78.9 Å². The number of para-hydroxylation sites is 1. The number of carbonyl (C=O) groups excluding carboxylic acids is 2. The Morgan fingerprint density at radius 2 is 1.26 bits per heavy atom. The van der Waals surface area contributed by atoms with Gasteiger partial charge in [0.25, 0.3) is 0 Å². The second-order valence-corrected chi connectivity index (χ2v) is 9.88. The molecule has 1 aromatic heterocycles. The summed E-state index contributed by atoms with van der Waals surface area (Å²) in [5, 5.41) is 4.83. The molecule has 4 aromatic carbocycles. The average molecular weight is 522 g/mol. The molecule has 5 heteroatoms. The Bertz CT molecular complexity index is 1590. The number of fused-ring (bicyclic) bond motifs is 5. The molecule has 0 saturated heterocycles. The van der Waals surface area contributed by atoms with Gasteiger partial charge in [-0.05, 0) is 35.7 Å². The molecule has 0 unspecified atom stereocenters. The van der Waals surface area contributed by atoms with Crippen LogP contribution in [0.25, 0.3) is 38.3 Å². The zero-order valence-electron chi connectivity index (χ0n) is 22.7. The van der Waals surface area contributed by atoms with Gasteiger partial charge in [0.2, 0.25) is 0 Å². The van der Waals surface area contributed by atoms with Crippen molar-refractivity contribution < 1.29 is 19.1 Å². The summed E-state index contributed by atoms with van der Waals surface area (Å²) in [5.41, 5.74) is 3.16. The Morgan fingerprint density at radius 3 is 1.90 bits per heavy atom. The van der Waals surface area contributed by atoms with Crippen molar-refractivity contribution in [2.45, 2.75) is 52.4 Å². The van der Waals surface area contributed by atoms with Crippen molar-refractivity contribution in [2.24, 2.45) is 0 Å². The molecule has 0 N–H and O–H groups in total. The van der Waals surface area contributed by atoms with E-state index >= 15 is 0 Å². The average Bonchev–Trinajstić information content (AvgIpc) is 3.32. The van der Waals surface area contributed by atoms with E-state index in [1.165, 1.54) is 21.5 Å². The number of Topliss-reactive ketones (excluding diaryl/α,β-unsaturated/α-hetero) is 2. The summed E-state index contributed by atoms with van der Waals surface area (Å²) in [6, 6.07) is 27.3. The van der Waals surface area contributed by atoms with E-state index in [2.05, 4.69) is 65.2 Å². The van der Waals surface area contributed by atoms with E-state index in [0.717, 1.165) is 16.7 Å². The third-order valence-electron chi connectivity index (χ3n) is 7.21. The van der Waals surface area contributed by atoms with Crippen LogP contribution in [0.3, 0.4) is 0 Å². The first-order chi connectivity index (χ1) is 19.1. The van der Waals surface area contributed by atoms with E-state index in [1.807, 2.05) is 32.0 Å². The summed E-state index contributed by atoms with van der Waals surface area (Å²) in [5.74, 6) is 1.89. The fourth-order valence-electron chi connectivity index (χ4n) is 5.14. The molecular formula is C34H35NO4. The van der Waals surface area contributed by atoms with Crippen LogP contribution in [0, 0.1) is 0 Å². The van der Waals surface area contributed by atoms with E-state index in [1.54, 1.807) is 0 Å². The van der Waals surface area contributed by atoms with Gasteiger partial charge >= 0.3 is 0 Å². The Kier molecular flexibility index (Phi) is 8.26. The smallest absolute Gasteiger partial charge is 0.132 e. The minimum absolute atomic E-state index is 0.246. The molecule has 5 rings (SSSR count). The Morgan fingerprint density at radius 1 is 0.667 bits per heavy atom.